The van der Waals surface area contributed by atoms with E-state index < -0.39 is 6.72 Å². The molecule has 7 heteroatoms. The predicted molar refractivity (Wildman–Crippen MR) is 58.7 cm³/mol. The van der Waals surface area contributed by atoms with Gasteiger partial charge in [0.05, 0.1) is 13.2 Å². The zero-order valence-electron chi connectivity index (χ0n) is 8.85. The summed E-state index contributed by atoms with van der Waals surface area (Å²) >= 11 is 5.10. The Labute approximate surface area is 89.6 Å². The van der Waals surface area contributed by atoms with Gasteiger partial charge in [-0.3, -0.25) is 9.05 Å². The summed E-state index contributed by atoms with van der Waals surface area (Å²) in [6, 6.07) is 0. The minimum Gasteiger partial charge on any atom is -0.407 e. The minimum atomic E-state index is -2.68. The largest absolute Gasteiger partial charge is 0.407 e. The van der Waals surface area contributed by atoms with E-state index in [1.807, 2.05) is 13.8 Å². The Balaban J connectivity index is 4.35. The molecule has 5 nitrogen and oxygen atoms in total. The van der Waals surface area contributed by atoms with E-state index in [1.165, 1.54) is 7.11 Å². The van der Waals surface area contributed by atoms with Crippen molar-refractivity contribution in [3.63, 3.8) is 0 Å². The first-order valence-electron chi connectivity index (χ1n) is 4.24. The number of hydrogen-bond donors (Lipinski definition) is 0. The monoisotopic (exact) mass is 241 g/mol. The maximum Gasteiger partial charge on any atom is 0.381 e. The summed E-state index contributed by atoms with van der Waals surface area (Å²) in [7, 11) is 1.43. The van der Waals surface area contributed by atoms with Gasteiger partial charge in [-0.25, -0.2) is 0 Å². The summed E-state index contributed by atoms with van der Waals surface area (Å²) < 4.78 is 15.7. The Morgan fingerprint density at radius 3 is 2.14 bits per heavy atom. The Bertz CT molecular complexity index is 224. The molecule has 14 heavy (non-hydrogen) atoms. The van der Waals surface area contributed by atoms with Crippen LogP contribution >= 0.6 is 6.72 Å². The normalized spacial score (nSPS) is 12.7. The minimum absolute atomic E-state index is 0.303. The first-order chi connectivity index (χ1) is 6.58. The van der Waals surface area contributed by atoms with E-state index in [-0.39, 0.29) is 0 Å². The van der Waals surface area contributed by atoms with Crippen molar-refractivity contribution in [2.24, 2.45) is 5.16 Å². The molecule has 0 amide bonds. The van der Waals surface area contributed by atoms with Crippen molar-refractivity contribution in [2.45, 2.75) is 20.8 Å². The predicted octanol–water partition coefficient (Wildman–Crippen LogP) is 2.28. The van der Waals surface area contributed by atoms with Gasteiger partial charge in [0.1, 0.15) is 7.11 Å². The molecule has 0 N–H and O–H groups in total. The molecule has 0 saturated heterocycles. The molecular weight excluding hydrogens is 225 g/mol. The number of nitrogens with zero attached hydrogens (tertiary/aromatic N) is 1. The van der Waals surface area contributed by atoms with Crippen LogP contribution in [0.1, 0.15) is 20.8 Å². The third-order valence-corrected chi connectivity index (χ3v) is 3.53. The number of rotatable bonds is 6. The van der Waals surface area contributed by atoms with Crippen LogP contribution in [0.4, 0.5) is 0 Å². The fraction of sp³-hybridized carbons (Fsp3) is 0.857. The van der Waals surface area contributed by atoms with E-state index in [1.54, 1.807) is 6.92 Å². The van der Waals surface area contributed by atoms with Crippen molar-refractivity contribution in [1.29, 1.82) is 0 Å². The average Bonchev–Trinajstić information content (AvgIpc) is 2.04. The molecule has 0 fully saturated rings. The molecule has 0 bridgehead atoms. The highest BCUT2D eigenvalue weighted by Gasteiger charge is 2.21. The standard InChI is InChI=1S/C7H16NO4PS/c1-5-10-13(14,11-6-2)12-7(3)8-9-4/h5-6H2,1-4H3. The number of hydrogen-bond acceptors (Lipinski definition) is 6. The van der Waals surface area contributed by atoms with Crippen molar-refractivity contribution >= 4 is 24.4 Å². The van der Waals surface area contributed by atoms with Gasteiger partial charge in [-0.2, -0.15) is 0 Å². The van der Waals surface area contributed by atoms with E-state index in [4.69, 9.17) is 25.4 Å². The van der Waals surface area contributed by atoms with Crippen LogP contribution in [0.25, 0.3) is 0 Å². The summed E-state index contributed by atoms with van der Waals surface area (Å²) in [5, 5.41) is 3.57. The Hall–Kier alpha value is -0.160. The van der Waals surface area contributed by atoms with E-state index in [0.29, 0.717) is 19.1 Å². The van der Waals surface area contributed by atoms with Crippen LogP contribution in [-0.4, -0.2) is 26.2 Å². The third-order valence-electron chi connectivity index (χ3n) is 1.04. The topological polar surface area (TPSA) is 49.3 Å². The van der Waals surface area contributed by atoms with Gasteiger partial charge in [-0.1, -0.05) is 5.16 Å². The van der Waals surface area contributed by atoms with E-state index in [9.17, 15) is 0 Å². The van der Waals surface area contributed by atoms with Gasteiger partial charge < -0.3 is 9.36 Å². The lowest BCUT2D eigenvalue weighted by atomic mass is 10.8. The molecule has 0 aromatic rings. The summed E-state index contributed by atoms with van der Waals surface area (Å²) in [5.74, 6) is 0.303. The maximum absolute atomic E-state index is 5.27. The zero-order valence-corrected chi connectivity index (χ0v) is 10.6. The molecule has 0 saturated carbocycles. The molecule has 84 valence electrons. The van der Waals surface area contributed by atoms with Crippen LogP contribution in [0.5, 0.6) is 0 Å². The van der Waals surface area contributed by atoms with Gasteiger partial charge in [-0.05, 0) is 13.8 Å². The van der Waals surface area contributed by atoms with Crippen LogP contribution in [0.3, 0.4) is 0 Å². The van der Waals surface area contributed by atoms with Crippen molar-refractivity contribution in [2.75, 3.05) is 20.3 Å². The molecule has 0 aromatic carbocycles. The smallest absolute Gasteiger partial charge is 0.381 e. The second kappa shape index (κ2) is 7.17. The highest BCUT2D eigenvalue weighted by molar-refractivity contribution is 8.07. The van der Waals surface area contributed by atoms with Crippen molar-refractivity contribution in [1.82, 2.24) is 0 Å². The molecule has 0 rings (SSSR count). The van der Waals surface area contributed by atoms with Crippen LogP contribution < -0.4 is 0 Å². The van der Waals surface area contributed by atoms with Gasteiger partial charge in [-0.15, -0.1) is 0 Å². The molecule has 0 atom stereocenters. The van der Waals surface area contributed by atoms with Crippen LogP contribution in [-0.2, 0) is 30.2 Å². The van der Waals surface area contributed by atoms with Gasteiger partial charge in [0.15, 0.2) is 0 Å². The molecule has 0 unspecified atom stereocenters. The molecular formula is C7H16NO4PS. The lowest BCUT2D eigenvalue weighted by Gasteiger charge is -2.19. The van der Waals surface area contributed by atoms with Gasteiger partial charge >= 0.3 is 6.72 Å². The van der Waals surface area contributed by atoms with Gasteiger partial charge in [0.2, 0.25) is 5.90 Å². The fourth-order valence-corrected chi connectivity index (χ4v) is 2.84. The molecule has 0 spiro atoms. The molecule has 0 heterocycles. The Morgan fingerprint density at radius 2 is 1.79 bits per heavy atom. The molecule has 0 aliphatic rings. The van der Waals surface area contributed by atoms with E-state index >= 15 is 0 Å². The van der Waals surface area contributed by atoms with Gasteiger partial charge in [0, 0.05) is 18.7 Å². The molecule has 0 aliphatic heterocycles. The summed E-state index contributed by atoms with van der Waals surface area (Å²) in [5.41, 5.74) is 0. The van der Waals surface area contributed by atoms with Crippen LogP contribution in [0.15, 0.2) is 5.16 Å². The first kappa shape index (κ1) is 13.8. The Morgan fingerprint density at radius 1 is 1.29 bits per heavy atom. The highest BCUT2D eigenvalue weighted by atomic mass is 32.5. The Kier molecular flexibility index (Phi) is 7.09. The fourth-order valence-electron chi connectivity index (χ4n) is 0.713. The van der Waals surface area contributed by atoms with E-state index in [0.717, 1.165) is 0 Å². The lowest BCUT2D eigenvalue weighted by Crippen LogP contribution is -2.04. The van der Waals surface area contributed by atoms with Crippen LogP contribution in [0, 0.1) is 0 Å². The summed E-state index contributed by atoms with van der Waals surface area (Å²) in [4.78, 5) is 4.53. The van der Waals surface area contributed by atoms with Crippen LogP contribution in [0.2, 0.25) is 0 Å². The van der Waals surface area contributed by atoms with Gasteiger partial charge in [0.25, 0.3) is 0 Å². The highest BCUT2D eigenvalue weighted by Crippen LogP contribution is 2.49. The molecule has 0 aromatic heterocycles. The molecule has 0 radical (unpaired) electrons. The lowest BCUT2D eigenvalue weighted by molar-refractivity contribution is 0.189. The second-order valence-corrected chi connectivity index (χ2v) is 5.10. The SMILES string of the molecule is CCOP(=S)(OCC)OC(C)=NOC. The molecule has 0 aliphatic carbocycles. The third kappa shape index (κ3) is 5.54. The maximum atomic E-state index is 5.27. The quantitative estimate of drug-likeness (QED) is 0.309. The summed E-state index contributed by atoms with van der Waals surface area (Å²) in [6.45, 7) is 3.48. The van der Waals surface area contributed by atoms with Crippen molar-refractivity contribution < 1.29 is 18.4 Å². The van der Waals surface area contributed by atoms with Crippen molar-refractivity contribution in [3.8, 4) is 0 Å². The zero-order chi connectivity index (χ0) is 11.0. The van der Waals surface area contributed by atoms with Crippen molar-refractivity contribution in [3.05, 3.63) is 0 Å². The van der Waals surface area contributed by atoms with E-state index in [2.05, 4.69) is 9.99 Å². The first-order valence-corrected chi connectivity index (χ1v) is 6.80. The second-order valence-electron chi connectivity index (χ2n) is 2.17. The number of oxime groups is 1. The average molecular weight is 241 g/mol. The summed E-state index contributed by atoms with van der Waals surface area (Å²) in [6.07, 6.45) is 0.